The second-order valence-corrected chi connectivity index (χ2v) is 8.12. The van der Waals surface area contributed by atoms with Crippen molar-refractivity contribution in [3.63, 3.8) is 0 Å². The molecule has 8 nitrogen and oxygen atoms in total. The van der Waals surface area contributed by atoms with E-state index in [9.17, 15) is 13.2 Å². The van der Waals surface area contributed by atoms with E-state index in [4.69, 9.17) is 0 Å². The highest BCUT2D eigenvalue weighted by molar-refractivity contribution is 5.68. The number of rotatable bonds is 8. The average molecular weight is 478 g/mol. The standard InChI is InChI=1S/C24H21F3N8/c25-24(26,27)18-5-1-3-15(11-18)6-9-20-30-22(29-14-16-4-2-10-28-13-16)33-23(31-20)32-21-12-19(34-35-21)17-7-8-17/h1-6,9-13,17H,7-8,14H2,(H3,29,30,31,32,33,34,35)/b9-6+. The second-order valence-electron chi connectivity index (χ2n) is 8.12. The van der Waals surface area contributed by atoms with E-state index in [-0.39, 0.29) is 11.8 Å². The summed E-state index contributed by atoms with van der Waals surface area (Å²) in [6, 6.07) is 10.7. The number of halogens is 3. The van der Waals surface area contributed by atoms with Crippen molar-refractivity contribution in [3.05, 3.63) is 83.1 Å². The van der Waals surface area contributed by atoms with Crippen LogP contribution in [-0.2, 0) is 12.7 Å². The largest absolute Gasteiger partial charge is 0.416 e. The van der Waals surface area contributed by atoms with Crippen LogP contribution in [0.5, 0.6) is 0 Å². The van der Waals surface area contributed by atoms with E-state index in [2.05, 4.69) is 40.8 Å². The first-order valence-corrected chi connectivity index (χ1v) is 11.0. The molecule has 3 heterocycles. The fraction of sp³-hybridized carbons (Fsp3) is 0.208. The maximum absolute atomic E-state index is 13.0. The molecule has 3 aromatic heterocycles. The van der Waals surface area contributed by atoms with E-state index in [0.29, 0.717) is 29.8 Å². The SMILES string of the molecule is FC(F)(F)c1cccc(/C=C/c2nc(NCc3cccnc3)nc(Nc3cc(C4CC4)[nH]n3)n2)c1. The molecular weight excluding hydrogens is 457 g/mol. The van der Waals surface area contributed by atoms with Gasteiger partial charge in [-0.05, 0) is 48.2 Å². The van der Waals surface area contributed by atoms with Crippen molar-refractivity contribution < 1.29 is 13.2 Å². The fourth-order valence-corrected chi connectivity index (χ4v) is 3.39. The molecule has 1 aliphatic rings. The maximum atomic E-state index is 13.0. The molecule has 0 spiro atoms. The molecule has 1 aliphatic carbocycles. The Bertz CT molecular complexity index is 1330. The zero-order chi connectivity index (χ0) is 24.3. The van der Waals surface area contributed by atoms with Gasteiger partial charge in [-0.2, -0.15) is 33.2 Å². The number of anilines is 3. The molecule has 1 fully saturated rings. The van der Waals surface area contributed by atoms with Crippen molar-refractivity contribution in [3.8, 4) is 0 Å². The van der Waals surface area contributed by atoms with E-state index in [1.165, 1.54) is 18.2 Å². The summed E-state index contributed by atoms with van der Waals surface area (Å²) in [5.74, 6) is 1.91. The summed E-state index contributed by atoms with van der Waals surface area (Å²) >= 11 is 0. The number of hydrogen-bond acceptors (Lipinski definition) is 7. The second kappa shape index (κ2) is 9.53. The molecule has 1 aromatic carbocycles. The Morgan fingerprint density at radius 2 is 1.86 bits per heavy atom. The summed E-state index contributed by atoms with van der Waals surface area (Å²) in [4.78, 5) is 17.3. The number of H-pyrrole nitrogens is 1. The van der Waals surface area contributed by atoms with Gasteiger partial charge in [0.05, 0.1) is 5.56 Å². The van der Waals surface area contributed by atoms with Gasteiger partial charge in [-0.3, -0.25) is 10.1 Å². The normalized spacial score (nSPS) is 13.8. The smallest absolute Gasteiger partial charge is 0.350 e. The Morgan fingerprint density at radius 3 is 2.63 bits per heavy atom. The van der Waals surface area contributed by atoms with Gasteiger partial charge in [-0.25, -0.2) is 0 Å². The van der Waals surface area contributed by atoms with E-state index >= 15 is 0 Å². The number of benzene rings is 1. The Morgan fingerprint density at radius 1 is 1.00 bits per heavy atom. The van der Waals surface area contributed by atoms with Gasteiger partial charge >= 0.3 is 6.18 Å². The van der Waals surface area contributed by atoms with Crippen LogP contribution in [0, 0.1) is 0 Å². The molecule has 0 saturated heterocycles. The summed E-state index contributed by atoms with van der Waals surface area (Å²) < 4.78 is 39.1. The van der Waals surface area contributed by atoms with Crippen molar-refractivity contribution in [2.45, 2.75) is 31.5 Å². The van der Waals surface area contributed by atoms with Crippen molar-refractivity contribution in [2.75, 3.05) is 10.6 Å². The van der Waals surface area contributed by atoms with Crippen molar-refractivity contribution in [1.29, 1.82) is 0 Å². The molecule has 0 atom stereocenters. The van der Waals surface area contributed by atoms with Crippen LogP contribution in [0.15, 0.2) is 54.9 Å². The highest BCUT2D eigenvalue weighted by Gasteiger charge is 2.30. The Labute approximate surface area is 198 Å². The first kappa shape index (κ1) is 22.5. The lowest BCUT2D eigenvalue weighted by atomic mass is 10.1. The minimum Gasteiger partial charge on any atom is -0.350 e. The van der Waals surface area contributed by atoms with E-state index < -0.39 is 11.7 Å². The lowest BCUT2D eigenvalue weighted by Gasteiger charge is -2.08. The van der Waals surface area contributed by atoms with E-state index in [0.717, 1.165) is 36.2 Å². The lowest BCUT2D eigenvalue weighted by Crippen LogP contribution is -2.08. The highest BCUT2D eigenvalue weighted by atomic mass is 19.4. The Hall–Kier alpha value is -4.28. The third-order valence-corrected chi connectivity index (χ3v) is 5.32. The van der Waals surface area contributed by atoms with Crippen LogP contribution in [0.1, 0.15) is 47.0 Å². The van der Waals surface area contributed by atoms with Crippen molar-refractivity contribution in [1.82, 2.24) is 30.1 Å². The lowest BCUT2D eigenvalue weighted by molar-refractivity contribution is -0.137. The third-order valence-electron chi connectivity index (χ3n) is 5.32. The summed E-state index contributed by atoms with van der Waals surface area (Å²) in [5.41, 5.74) is 1.65. The first-order valence-electron chi connectivity index (χ1n) is 11.0. The average Bonchev–Trinajstić information content (AvgIpc) is 3.60. The Balaban J connectivity index is 1.39. The third kappa shape index (κ3) is 5.99. The maximum Gasteiger partial charge on any atom is 0.416 e. The highest BCUT2D eigenvalue weighted by Crippen LogP contribution is 2.39. The van der Waals surface area contributed by atoms with Crippen molar-refractivity contribution >= 4 is 29.9 Å². The molecule has 178 valence electrons. The summed E-state index contributed by atoms with van der Waals surface area (Å²) in [5, 5.41) is 13.5. The van der Waals surface area contributed by atoms with Gasteiger partial charge in [0, 0.05) is 36.6 Å². The van der Waals surface area contributed by atoms with Crippen LogP contribution in [0.3, 0.4) is 0 Å². The molecular formula is C24H21F3N8. The van der Waals surface area contributed by atoms with Crippen LogP contribution in [0.25, 0.3) is 12.2 Å². The van der Waals surface area contributed by atoms with Gasteiger partial charge in [-0.15, -0.1) is 0 Å². The number of aromatic amines is 1. The molecule has 0 radical (unpaired) electrons. The molecule has 0 unspecified atom stereocenters. The fourth-order valence-electron chi connectivity index (χ4n) is 3.39. The predicted molar refractivity (Wildman–Crippen MR) is 126 cm³/mol. The molecule has 0 aliphatic heterocycles. The minimum absolute atomic E-state index is 0.256. The van der Waals surface area contributed by atoms with Gasteiger partial charge in [0.25, 0.3) is 0 Å². The van der Waals surface area contributed by atoms with Crippen LogP contribution < -0.4 is 10.6 Å². The van der Waals surface area contributed by atoms with Crippen molar-refractivity contribution in [2.24, 2.45) is 0 Å². The minimum atomic E-state index is -4.42. The number of nitrogens with one attached hydrogen (secondary N) is 3. The van der Waals surface area contributed by atoms with Gasteiger partial charge in [-0.1, -0.05) is 24.3 Å². The monoisotopic (exact) mass is 478 g/mol. The molecule has 1 saturated carbocycles. The number of aromatic nitrogens is 6. The van der Waals surface area contributed by atoms with E-state index in [1.54, 1.807) is 18.5 Å². The summed E-state index contributed by atoms with van der Waals surface area (Å²) in [7, 11) is 0. The zero-order valence-corrected chi connectivity index (χ0v) is 18.4. The molecule has 0 bridgehead atoms. The number of pyridine rings is 1. The first-order chi connectivity index (χ1) is 16.9. The summed E-state index contributed by atoms with van der Waals surface area (Å²) in [6.07, 6.45) is 4.34. The van der Waals surface area contributed by atoms with Crippen LogP contribution >= 0.6 is 0 Å². The van der Waals surface area contributed by atoms with E-state index in [1.807, 2.05) is 18.2 Å². The number of alkyl halides is 3. The zero-order valence-electron chi connectivity index (χ0n) is 18.4. The quantitative estimate of drug-likeness (QED) is 0.311. The van der Waals surface area contributed by atoms with Gasteiger partial charge in [0.2, 0.25) is 11.9 Å². The number of nitrogens with zero attached hydrogens (tertiary/aromatic N) is 5. The topological polar surface area (TPSA) is 104 Å². The Kier molecular flexibility index (Phi) is 6.13. The summed E-state index contributed by atoms with van der Waals surface area (Å²) in [6.45, 7) is 0.433. The van der Waals surface area contributed by atoms with Gasteiger partial charge in [0.15, 0.2) is 11.6 Å². The number of hydrogen-bond donors (Lipinski definition) is 3. The van der Waals surface area contributed by atoms with Crippen LogP contribution in [0.4, 0.5) is 30.9 Å². The predicted octanol–water partition coefficient (Wildman–Crippen LogP) is 5.41. The molecule has 11 heteroatoms. The van der Waals surface area contributed by atoms with Gasteiger partial charge in [0.1, 0.15) is 0 Å². The van der Waals surface area contributed by atoms with Crippen LogP contribution in [0.2, 0.25) is 0 Å². The molecule has 35 heavy (non-hydrogen) atoms. The molecule has 4 aromatic rings. The molecule has 5 rings (SSSR count). The van der Waals surface area contributed by atoms with Crippen LogP contribution in [-0.4, -0.2) is 30.1 Å². The molecule has 0 amide bonds. The van der Waals surface area contributed by atoms with Gasteiger partial charge < -0.3 is 10.6 Å². The molecule has 3 N–H and O–H groups in total.